The fourth-order valence-corrected chi connectivity index (χ4v) is 4.74. The average molecular weight is 372 g/mol. The minimum atomic E-state index is 0.471. The van der Waals surface area contributed by atoms with E-state index >= 15 is 0 Å². The summed E-state index contributed by atoms with van der Waals surface area (Å²) in [5.41, 5.74) is 1.77. The number of ether oxygens (including phenoxy) is 1. The number of nitrogens with zero attached hydrogens (tertiary/aromatic N) is 8. The predicted molar refractivity (Wildman–Crippen MR) is 98.3 cm³/mol. The van der Waals surface area contributed by atoms with Crippen LogP contribution in [0.15, 0.2) is 12.7 Å². The van der Waals surface area contributed by atoms with Gasteiger partial charge in [-0.3, -0.25) is 0 Å². The molecule has 0 aromatic carbocycles. The topological polar surface area (TPSA) is 85.1 Å². The molecular formula is C16H20N8OS. The smallest absolute Gasteiger partial charge is 0.205 e. The average Bonchev–Trinajstić information content (AvgIpc) is 3.38. The molecule has 2 saturated heterocycles. The van der Waals surface area contributed by atoms with Crippen molar-refractivity contribution in [3.05, 3.63) is 18.5 Å². The summed E-state index contributed by atoms with van der Waals surface area (Å²) in [6.45, 7) is 4.48. The van der Waals surface area contributed by atoms with Crippen LogP contribution in [0.2, 0.25) is 0 Å². The van der Waals surface area contributed by atoms with Crippen molar-refractivity contribution in [1.29, 1.82) is 0 Å². The molecule has 136 valence electrons. The zero-order chi connectivity index (χ0) is 17.7. The minimum Gasteiger partial charge on any atom is -0.377 e. The molecule has 0 radical (unpaired) electrons. The lowest BCUT2D eigenvalue weighted by molar-refractivity contribution is 0.179. The Hall–Kier alpha value is -2.33. The van der Waals surface area contributed by atoms with E-state index in [0.29, 0.717) is 18.4 Å². The third-order valence-corrected chi connectivity index (χ3v) is 6.08. The molecule has 3 aromatic heterocycles. The van der Waals surface area contributed by atoms with Crippen LogP contribution >= 0.6 is 11.5 Å². The van der Waals surface area contributed by atoms with Crippen LogP contribution in [0.1, 0.15) is 5.82 Å². The number of hydrogen-bond donors (Lipinski definition) is 0. The van der Waals surface area contributed by atoms with Crippen LogP contribution in [0.3, 0.4) is 0 Å². The third-order valence-electron chi connectivity index (χ3n) is 5.26. The fourth-order valence-electron chi connectivity index (χ4n) is 4.05. The lowest BCUT2D eigenvalue weighted by Gasteiger charge is -2.21. The molecular weight excluding hydrogens is 352 g/mol. The van der Waals surface area contributed by atoms with Gasteiger partial charge in [-0.05, 0) is 0 Å². The Bertz CT molecular complexity index is 925. The molecule has 9 nitrogen and oxygen atoms in total. The SMILES string of the molecule is COCc1nsc(N2CC3CN(c4ncnc5c4ncn5C)CC3C2)n1. The zero-order valence-corrected chi connectivity index (χ0v) is 15.6. The van der Waals surface area contributed by atoms with Crippen molar-refractivity contribution in [2.75, 3.05) is 43.1 Å². The first-order valence-corrected chi connectivity index (χ1v) is 9.43. The molecule has 2 aliphatic heterocycles. The van der Waals surface area contributed by atoms with Gasteiger partial charge >= 0.3 is 0 Å². The first kappa shape index (κ1) is 15.9. The molecule has 3 aromatic rings. The van der Waals surface area contributed by atoms with Crippen LogP contribution in [0.5, 0.6) is 0 Å². The number of hydrogen-bond acceptors (Lipinski definition) is 9. The molecule has 5 rings (SSSR count). The Morgan fingerprint density at radius 3 is 2.65 bits per heavy atom. The van der Waals surface area contributed by atoms with E-state index < -0.39 is 0 Å². The molecule has 2 atom stereocenters. The van der Waals surface area contributed by atoms with Gasteiger partial charge in [-0.1, -0.05) is 0 Å². The maximum atomic E-state index is 5.12. The third kappa shape index (κ3) is 2.52. The van der Waals surface area contributed by atoms with Crippen LogP contribution in [-0.4, -0.2) is 62.2 Å². The van der Waals surface area contributed by atoms with E-state index in [0.717, 1.165) is 54.1 Å². The summed E-state index contributed by atoms with van der Waals surface area (Å²) >= 11 is 1.47. The van der Waals surface area contributed by atoms with Crippen LogP contribution in [0, 0.1) is 11.8 Å². The second kappa shape index (κ2) is 6.13. The van der Waals surface area contributed by atoms with Crippen molar-refractivity contribution in [3.8, 4) is 0 Å². The van der Waals surface area contributed by atoms with Crippen molar-refractivity contribution in [2.45, 2.75) is 6.61 Å². The lowest BCUT2D eigenvalue weighted by atomic mass is 10.0. The zero-order valence-electron chi connectivity index (χ0n) is 14.7. The molecule has 0 amide bonds. The number of fused-ring (bicyclic) bond motifs is 2. The maximum Gasteiger partial charge on any atom is 0.205 e. The summed E-state index contributed by atoms with van der Waals surface area (Å²) in [6.07, 6.45) is 3.44. The second-order valence-corrected chi connectivity index (χ2v) is 7.71. The minimum absolute atomic E-state index is 0.471. The fraction of sp³-hybridized carbons (Fsp3) is 0.562. The summed E-state index contributed by atoms with van der Waals surface area (Å²) in [6, 6.07) is 0. The van der Waals surface area contributed by atoms with Gasteiger partial charge in [0.05, 0.1) is 6.33 Å². The van der Waals surface area contributed by atoms with Gasteiger partial charge in [0.15, 0.2) is 22.8 Å². The van der Waals surface area contributed by atoms with Crippen molar-refractivity contribution < 1.29 is 4.74 Å². The molecule has 0 spiro atoms. The molecule has 2 unspecified atom stereocenters. The Morgan fingerprint density at radius 1 is 1.12 bits per heavy atom. The Morgan fingerprint density at radius 2 is 1.88 bits per heavy atom. The normalized spacial score (nSPS) is 22.5. The molecule has 0 aliphatic carbocycles. The summed E-state index contributed by atoms with van der Waals surface area (Å²) in [5.74, 6) is 2.94. The van der Waals surface area contributed by atoms with Crippen LogP contribution in [0.4, 0.5) is 10.9 Å². The van der Waals surface area contributed by atoms with Crippen LogP contribution in [0.25, 0.3) is 11.2 Å². The lowest BCUT2D eigenvalue weighted by Crippen LogP contribution is -2.29. The first-order chi connectivity index (χ1) is 12.7. The summed E-state index contributed by atoms with van der Waals surface area (Å²) in [4.78, 5) is 22.7. The largest absolute Gasteiger partial charge is 0.377 e. The summed E-state index contributed by atoms with van der Waals surface area (Å²) in [5, 5.41) is 1.01. The van der Waals surface area contributed by atoms with Gasteiger partial charge in [0, 0.05) is 63.7 Å². The Labute approximate surface area is 154 Å². The van der Waals surface area contributed by atoms with E-state index in [2.05, 4.69) is 34.1 Å². The van der Waals surface area contributed by atoms with Gasteiger partial charge in [-0.15, -0.1) is 0 Å². The highest BCUT2D eigenvalue weighted by molar-refractivity contribution is 7.09. The molecule has 0 bridgehead atoms. The van der Waals surface area contributed by atoms with E-state index in [1.165, 1.54) is 11.5 Å². The highest BCUT2D eigenvalue weighted by Gasteiger charge is 2.42. The van der Waals surface area contributed by atoms with E-state index in [1.54, 1.807) is 19.8 Å². The van der Waals surface area contributed by atoms with E-state index in [-0.39, 0.29) is 0 Å². The van der Waals surface area contributed by atoms with Crippen molar-refractivity contribution >= 4 is 33.6 Å². The van der Waals surface area contributed by atoms with Gasteiger partial charge in [0.25, 0.3) is 0 Å². The monoisotopic (exact) mass is 372 g/mol. The van der Waals surface area contributed by atoms with Crippen molar-refractivity contribution in [1.82, 2.24) is 28.9 Å². The quantitative estimate of drug-likeness (QED) is 0.669. The molecule has 2 fully saturated rings. The number of imidazole rings is 1. The number of aryl methyl sites for hydroxylation is 1. The highest BCUT2D eigenvalue weighted by atomic mass is 32.1. The standard InChI is InChI=1S/C16H20N8OS/c1-22-9-19-13-14(22)17-8-18-15(13)23-3-10-5-24(6-11(10)4-23)16-20-12(7-25-2)21-26-16/h8-11H,3-7H2,1-2H3. The molecule has 0 saturated carbocycles. The highest BCUT2D eigenvalue weighted by Crippen LogP contribution is 2.37. The predicted octanol–water partition coefficient (Wildman–Crippen LogP) is 0.934. The van der Waals surface area contributed by atoms with Gasteiger partial charge in [-0.25, -0.2) is 19.9 Å². The van der Waals surface area contributed by atoms with E-state index in [4.69, 9.17) is 4.74 Å². The Kier molecular flexibility index (Phi) is 3.75. The van der Waals surface area contributed by atoms with Gasteiger partial charge in [-0.2, -0.15) is 4.37 Å². The number of methoxy groups -OCH3 is 1. The molecule has 0 N–H and O–H groups in total. The second-order valence-electron chi connectivity index (χ2n) is 6.98. The van der Waals surface area contributed by atoms with Crippen molar-refractivity contribution in [3.63, 3.8) is 0 Å². The molecule has 5 heterocycles. The van der Waals surface area contributed by atoms with Crippen molar-refractivity contribution in [2.24, 2.45) is 18.9 Å². The van der Waals surface area contributed by atoms with E-state index in [1.807, 2.05) is 11.6 Å². The maximum absolute atomic E-state index is 5.12. The molecule has 2 aliphatic rings. The summed E-state index contributed by atoms with van der Waals surface area (Å²) in [7, 11) is 3.63. The van der Waals surface area contributed by atoms with Gasteiger partial charge in [0.2, 0.25) is 5.13 Å². The Balaban J connectivity index is 1.32. The molecule has 26 heavy (non-hydrogen) atoms. The number of anilines is 2. The van der Waals surface area contributed by atoms with E-state index in [9.17, 15) is 0 Å². The number of aromatic nitrogens is 6. The molecule has 10 heteroatoms. The first-order valence-electron chi connectivity index (χ1n) is 8.66. The van der Waals surface area contributed by atoms with Crippen LogP contribution in [-0.2, 0) is 18.4 Å². The van der Waals surface area contributed by atoms with Crippen LogP contribution < -0.4 is 9.80 Å². The van der Waals surface area contributed by atoms with Gasteiger partial charge < -0.3 is 19.1 Å². The van der Waals surface area contributed by atoms with Gasteiger partial charge in [0.1, 0.15) is 12.9 Å². The number of rotatable bonds is 4. The summed E-state index contributed by atoms with van der Waals surface area (Å²) < 4.78 is 11.4.